The quantitative estimate of drug-likeness (QED) is 0.576. The number of aromatic amines is 1. The van der Waals surface area contributed by atoms with Crippen LogP contribution in [0.4, 0.5) is 11.5 Å². The van der Waals surface area contributed by atoms with E-state index in [0.717, 1.165) is 11.4 Å². The summed E-state index contributed by atoms with van der Waals surface area (Å²) in [6.07, 6.45) is 4.90. The van der Waals surface area contributed by atoms with E-state index in [9.17, 15) is 4.79 Å². The van der Waals surface area contributed by atoms with Gasteiger partial charge in [0.1, 0.15) is 6.33 Å². The SMILES string of the molecule is CCSC(=Nc1ncn2cc[nH]c(=O)c12)Nc1ccccc1. The van der Waals surface area contributed by atoms with E-state index in [2.05, 4.69) is 20.3 Å². The third-order valence-electron chi connectivity index (χ3n) is 2.95. The number of anilines is 1. The van der Waals surface area contributed by atoms with Crippen LogP contribution in [0.15, 0.2) is 58.8 Å². The molecule has 2 heterocycles. The first-order chi connectivity index (χ1) is 10.8. The number of amidine groups is 1. The standard InChI is InChI=1S/C15H15N5OS/c1-2-22-15(18-11-6-4-3-5-7-11)19-13-12-14(21)16-8-9-20(12)10-17-13/h3-10H,2H2,1H3,(H,16,21)(H,18,19). The number of nitrogens with one attached hydrogen (secondary N) is 2. The van der Waals surface area contributed by atoms with Crippen LogP contribution in [0.5, 0.6) is 0 Å². The number of para-hydroxylation sites is 1. The highest BCUT2D eigenvalue weighted by Gasteiger charge is 2.09. The normalized spacial score (nSPS) is 11.8. The van der Waals surface area contributed by atoms with Gasteiger partial charge in [-0.2, -0.15) is 0 Å². The maximum atomic E-state index is 11.9. The minimum absolute atomic E-state index is 0.209. The van der Waals surface area contributed by atoms with Gasteiger partial charge in [-0.25, -0.2) is 9.98 Å². The molecule has 0 aliphatic rings. The first-order valence-electron chi connectivity index (χ1n) is 6.86. The van der Waals surface area contributed by atoms with Gasteiger partial charge in [0.2, 0.25) is 0 Å². The highest BCUT2D eigenvalue weighted by molar-refractivity contribution is 8.14. The average Bonchev–Trinajstić information content (AvgIpc) is 2.93. The molecule has 112 valence electrons. The number of hydrogen-bond donors (Lipinski definition) is 2. The summed E-state index contributed by atoms with van der Waals surface area (Å²) in [7, 11) is 0. The largest absolute Gasteiger partial charge is 0.335 e. The summed E-state index contributed by atoms with van der Waals surface area (Å²) in [5.41, 5.74) is 1.17. The van der Waals surface area contributed by atoms with Crippen molar-refractivity contribution < 1.29 is 0 Å². The molecule has 0 spiro atoms. The number of aromatic nitrogens is 3. The van der Waals surface area contributed by atoms with E-state index in [-0.39, 0.29) is 5.56 Å². The van der Waals surface area contributed by atoms with Crippen molar-refractivity contribution in [3.8, 4) is 0 Å². The van der Waals surface area contributed by atoms with Gasteiger partial charge in [0.05, 0.1) is 0 Å². The van der Waals surface area contributed by atoms with Crippen LogP contribution in [0.25, 0.3) is 5.52 Å². The number of fused-ring (bicyclic) bond motifs is 1. The second-order valence-corrected chi connectivity index (χ2v) is 5.71. The number of H-pyrrole nitrogens is 1. The van der Waals surface area contributed by atoms with Crippen molar-refractivity contribution in [2.24, 2.45) is 4.99 Å². The van der Waals surface area contributed by atoms with E-state index >= 15 is 0 Å². The number of thioether (sulfide) groups is 1. The Morgan fingerprint density at radius 2 is 2.23 bits per heavy atom. The molecule has 0 saturated carbocycles. The van der Waals surface area contributed by atoms with Crippen LogP contribution in [-0.4, -0.2) is 25.3 Å². The van der Waals surface area contributed by atoms with Gasteiger partial charge < -0.3 is 10.3 Å². The predicted molar refractivity (Wildman–Crippen MR) is 91.1 cm³/mol. The van der Waals surface area contributed by atoms with E-state index in [1.54, 1.807) is 34.9 Å². The van der Waals surface area contributed by atoms with Crippen molar-refractivity contribution in [2.45, 2.75) is 6.92 Å². The molecular weight excluding hydrogens is 298 g/mol. The summed E-state index contributed by atoms with van der Waals surface area (Å²) < 4.78 is 1.66. The molecule has 0 unspecified atom stereocenters. The molecule has 22 heavy (non-hydrogen) atoms. The molecule has 0 bridgehead atoms. The Bertz CT molecular complexity index is 853. The van der Waals surface area contributed by atoms with Crippen LogP contribution in [0, 0.1) is 0 Å². The van der Waals surface area contributed by atoms with Crippen LogP contribution < -0.4 is 10.9 Å². The van der Waals surface area contributed by atoms with Gasteiger partial charge in [-0.3, -0.25) is 9.20 Å². The first-order valence-corrected chi connectivity index (χ1v) is 7.84. The van der Waals surface area contributed by atoms with Crippen molar-refractivity contribution in [3.63, 3.8) is 0 Å². The second-order valence-electron chi connectivity index (χ2n) is 4.45. The van der Waals surface area contributed by atoms with Gasteiger partial charge in [-0.1, -0.05) is 36.9 Å². The van der Waals surface area contributed by atoms with Crippen LogP contribution in [0.3, 0.4) is 0 Å². The molecule has 2 aromatic heterocycles. The number of benzene rings is 1. The molecule has 3 aromatic rings. The summed E-state index contributed by atoms with van der Waals surface area (Å²) in [4.78, 5) is 23.3. The van der Waals surface area contributed by atoms with E-state index in [0.29, 0.717) is 16.5 Å². The lowest BCUT2D eigenvalue weighted by Gasteiger charge is -2.07. The van der Waals surface area contributed by atoms with E-state index in [1.807, 2.05) is 37.3 Å². The third-order valence-corrected chi connectivity index (χ3v) is 3.71. The summed E-state index contributed by atoms with van der Waals surface area (Å²) in [6.45, 7) is 2.05. The Hall–Kier alpha value is -2.54. The highest BCUT2D eigenvalue weighted by atomic mass is 32.2. The molecule has 0 amide bonds. The van der Waals surface area contributed by atoms with Gasteiger partial charge >= 0.3 is 0 Å². The van der Waals surface area contributed by atoms with Gasteiger partial charge in [-0.15, -0.1) is 0 Å². The fourth-order valence-electron chi connectivity index (χ4n) is 2.00. The zero-order valence-corrected chi connectivity index (χ0v) is 12.8. The minimum Gasteiger partial charge on any atom is -0.335 e. The predicted octanol–water partition coefficient (Wildman–Crippen LogP) is 2.88. The molecular formula is C15H15N5OS. The molecule has 0 saturated heterocycles. The molecule has 0 aliphatic carbocycles. The molecule has 1 aromatic carbocycles. The summed E-state index contributed by atoms with van der Waals surface area (Å²) >= 11 is 1.56. The van der Waals surface area contributed by atoms with Crippen molar-refractivity contribution in [1.29, 1.82) is 0 Å². The molecule has 0 atom stereocenters. The lowest BCUT2D eigenvalue weighted by atomic mass is 10.3. The molecule has 3 rings (SSSR count). The Kier molecular flexibility index (Phi) is 4.24. The number of hydrogen-bond acceptors (Lipinski definition) is 4. The molecule has 0 radical (unpaired) electrons. The molecule has 7 heteroatoms. The topological polar surface area (TPSA) is 74.5 Å². The molecule has 6 nitrogen and oxygen atoms in total. The van der Waals surface area contributed by atoms with Crippen molar-refractivity contribution >= 4 is 34.0 Å². The molecule has 2 N–H and O–H groups in total. The second kappa shape index (κ2) is 6.48. The van der Waals surface area contributed by atoms with Gasteiger partial charge in [0.25, 0.3) is 5.56 Å². The van der Waals surface area contributed by atoms with Crippen molar-refractivity contribution in [1.82, 2.24) is 14.4 Å². The van der Waals surface area contributed by atoms with Crippen LogP contribution in [0.1, 0.15) is 6.92 Å². The van der Waals surface area contributed by atoms with Crippen LogP contribution in [0.2, 0.25) is 0 Å². The average molecular weight is 313 g/mol. The van der Waals surface area contributed by atoms with Crippen LogP contribution in [-0.2, 0) is 0 Å². The summed E-state index contributed by atoms with van der Waals surface area (Å²) in [5.74, 6) is 1.27. The number of nitrogens with zero attached hydrogens (tertiary/aromatic N) is 3. The number of imidazole rings is 1. The number of rotatable bonds is 3. The Balaban J connectivity index is 1.99. The van der Waals surface area contributed by atoms with Crippen LogP contribution >= 0.6 is 11.8 Å². The fourth-order valence-corrected chi connectivity index (χ4v) is 2.62. The van der Waals surface area contributed by atoms with E-state index < -0.39 is 0 Å². The first kappa shape index (κ1) is 14.4. The Morgan fingerprint density at radius 3 is 3.00 bits per heavy atom. The zero-order valence-electron chi connectivity index (χ0n) is 12.0. The number of aliphatic imine (C=N–C) groups is 1. The lowest BCUT2D eigenvalue weighted by Crippen LogP contribution is -2.09. The molecule has 0 aliphatic heterocycles. The lowest BCUT2D eigenvalue weighted by molar-refractivity contribution is 1.09. The van der Waals surface area contributed by atoms with Gasteiger partial charge in [0.15, 0.2) is 16.5 Å². The van der Waals surface area contributed by atoms with Gasteiger partial charge in [0, 0.05) is 18.1 Å². The minimum atomic E-state index is -0.209. The maximum absolute atomic E-state index is 11.9. The van der Waals surface area contributed by atoms with E-state index in [4.69, 9.17) is 0 Å². The zero-order chi connectivity index (χ0) is 15.4. The van der Waals surface area contributed by atoms with E-state index in [1.165, 1.54) is 0 Å². The Morgan fingerprint density at radius 1 is 1.41 bits per heavy atom. The smallest absolute Gasteiger partial charge is 0.276 e. The Labute approximate surface area is 131 Å². The fraction of sp³-hybridized carbons (Fsp3) is 0.133. The highest BCUT2D eigenvalue weighted by Crippen LogP contribution is 2.18. The third kappa shape index (κ3) is 3.04. The monoisotopic (exact) mass is 313 g/mol. The van der Waals surface area contributed by atoms with Crippen molar-refractivity contribution in [2.75, 3.05) is 11.1 Å². The summed E-state index contributed by atoms with van der Waals surface area (Å²) in [6, 6.07) is 9.78. The van der Waals surface area contributed by atoms with Gasteiger partial charge in [-0.05, 0) is 17.9 Å². The molecule has 0 fully saturated rings. The maximum Gasteiger partial charge on any atom is 0.276 e. The summed E-state index contributed by atoms with van der Waals surface area (Å²) in [5, 5.41) is 3.96. The van der Waals surface area contributed by atoms with Crippen molar-refractivity contribution in [3.05, 3.63) is 59.4 Å².